The van der Waals surface area contributed by atoms with Gasteiger partial charge in [0.05, 0.1) is 0 Å². The van der Waals surface area contributed by atoms with Crippen LogP contribution in [0.5, 0.6) is 0 Å². The minimum atomic E-state index is 0.691. The third-order valence-corrected chi connectivity index (χ3v) is 5.02. The first kappa shape index (κ1) is 11.0. The lowest BCUT2D eigenvalue weighted by Crippen LogP contribution is -2.57. The number of rotatable bonds is 3. The lowest BCUT2D eigenvalue weighted by Gasteiger charge is -2.46. The van der Waals surface area contributed by atoms with Crippen LogP contribution in [-0.4, -0.2) is 54.6 Å². The Labute approximate surface area is 99.0 Å². The maximum absolute atomic E-state index is 6.00. The van der Waals surface area contributed by atoms with Crippen molar-refractivity contribution >= 4 is 0 Å². The van der Waals surface area contributed by atoms with Crippen molar-refractivity contribution in [1.82, 2.24) is 9.80 Å². The maximum Gasteiger partial charge on any atom is 0.0247 e. The molecule has 16 heavy (non-hydrogen) atoms. The largest absolute Gasteiger partial charge is 0.329 e. The van der Waals surface area contributed by atoms with Gasteiger partial charge in [0.1, 0.15) is 0 Å². The predicted molar refractivity (Wildman–Crippen MR) is 66.4 cm³/mol. The number of hydrogen-bond acceptors (Lipinski definition) is 3. The van der Waals surface area contributed by atoms with Crippen LogP contribution in [0.3, 0.4) is 0 Å². The fraction of sp³-hybridized carbons (Fsp3) is 1.00. The third-order valence-electron chi connectivity index (χ3n) is 5.02. The Balaban J connectivity index is 1.61. The molecule has 3 nitrogen and oxygen atoms in total. The molecule has 1 saturated carbocycles. The molecule has 0 amide bonds. The average Bonchev–Trinajstić information content (AvgIpc) is 2.69. The van der Waals surface area contributed by atoms with E-state index >= 15 is 0 Å². The van der Waals surface area contributed by atoms with E-state index in [1.807, 2.05) is 0 Å². The van der Waals surface area contributed by atoms with Crippen molar-refractivity contribution in [3.05, 3.63) is 0 Å². The number of fused-ring (bicyclic) bond motifs is 1. The van der Waals surface area contributed by atoms with Gasteiger partial charge in [0, 0.05) is 38.3 Å². The van der Waals surface area contributed by atoms with Crippen molar-refractivity contribution in [2.45, 2.75) is 44.2 Å². The Morgan fingerprint density at radius 3 is 2.62 bits per heavy atom. The lowest BCUT2D eigenvalue weighted by molar-refractivity contribution is 0.0330. The molecule has 3 aliphatic rings. The monoisotopic (exact) mass is 223 g/mol. The van der Waals surface area contributed by atoms with Crippen molar-refractivity contribution in [3.63, 3.8) is 0 Å². The van der Waals surface area contributed by atoms with Crippen LogP contribution in [0.1, 0.15) is 32.1 Å². The zero-order valence-electron chi connectivity index (χ0n) is 10.3. The quantitative estimate of drug-likeness (QED) is 0.771. The Morgan fingerprint density at radius 1 is 1.06 bits per heavy atom. The van der Waals surface area contributed by atoms with Gasteiger partial charge in [0.2, 0.25) is 0 Å². The molecule has 2 N–H and O–H groups in total. The molecule has 2 unspecified atom stereocenters. The zero-order chi connectivity index (χ0) is 11.0. The van der Waals surface area contributed by atoms with E-state index in [1.165, 1.54) is 58.3 Å². The van der Waals surface area contributed by atoms with E-state index < -0.39 is 0 Å². The molecule has 3 fully saturated rings. The van der Waals surface area contributed by atoms with E-state index in [0.717, 1.165) is 18.5 Å². The molecule has 0 aromatic heterocycles. The van der Waals surface area contributed by atoms with Gasteiger partial charge < -0.3 is 5.73 Å². The summed E-state index contributed by atoms with van der Waals surface area (Å²) >= 11 is 0. The highest BCUT2D eigenvalue weighted by Crippen LogP contribution is 2.33. The second kappa shape index (κ2) is 4.63. The molecule has 2 heterocycles. The summed E-state index contributed by atoms with van der Waals surface area (Å²) in [5.74, 6) is 0.915. The number of nitrogens with zero attached hydrogens (tertiary/aromatic N) is 2. The van der Waals surface area contributed by atoms with Gasteiger partial charge in [-0.05, 0) is 38.1 Å². The molecule has 1 aliphatic carbocycles. The molecule has 2 atom stereocenters. The van der Waals surface area contributed by atoms with Crippen LogP contribution in [0.15, 0.2) is 0 Å². The normalized spacial score (nSPS) is 34.7. The summed E-state index contributed by atoms with van der Waals surface area (Å²) < 4.78 is 0. The average molecular weight is 223 g/mol. The number of piperazine rings is 1. The van der Waals surface area contributed by atoms with Crippen molar-refractivity contribution in [2.75, 3.05) is 32.7 Å². The second-order valence-corrected chi connectivity index (χ2v) is 5.82. The minimum Gasteiger partial charge on any atom is -0.329 e. The lowest BCUT2D eigenvalue weighted by atomic mass is 9.78. The topological polar surface area (TPSA) is 32.5 Å². The predicted octanol–water partition coefficient (Wildman–Crippen LogP) is 0.894. The molecule has 0 bridgehead atoms. The van der Waals surface area contributed by atoms with Crippen LogP contribution in [0.4, 0.5) is 0 Å². The summed E-state index contributed by atoms with van der Waals surface area (Å²) in [5.41, 5.74) is 6.00. The first-order valence-electron chi connectivity index (χ1n) is 7.06. The van der Waals surface area contributed by atoms with E-state index in [2.05, 4.69) is 9.80 Å². The molecule has 0 radical (unpaired) electrons. The van der Waals surface area contributed by atoms with Gasteiger partial charge in [-0.15, -0.1) is 0 Å². The molecule has 0 aromatic carbocycles. The summed E-state index contributed by atoms with van der Waals surface area (Å²) in [6.07, 6.45) is 7.11. The maximum atomic E-state index is 6.00. The molecule has 2 saturated heterocycles. The van der Waals surface area contributed by atoms with Crippen LogP contribution >= 0.6 is 0 Å². The molecular formula is C13H25N3. The van der Waals surface area contributed by atoms with Gasteiger partial charge in [-0.3, -0.25) is 9.80 Å². The van der Waals surface area contributed by atoms with E-state index in [0.29, 0.717) is 6.04 Å². The van der Waals surface area contributed by atoms with Gasteiger partial charge in [-0.1, -0.05) is 6.42 Å². The first-order chi connectivity index (χ1) is 7.88. The van der Waals surface area contributed by atoms with Crippen LogP contribution in [0.25, 0.3) is 0 Å². The van der Waals surface area contributed by atoms with E-state index in [1.54, 1.807) is 0 Å². The summed E-state index contributed by atoms with van der Waals surface area (Å²) in [7, 11) is 0. The van der Waals surface area contributed by atoms with Gasteiger partial charge in [-0.25, -0.2) is 0 Å². The Morgan fingerprint density at radius 2 is 1.94 bits per heavy atom. The molecule has 0 spiro atoms. The smallest absolute Gasteiger partial charge is 0.0247 e. The van der Waals surface area contributed by atoms with Gasteiger partial charge in [0.15, 0.2) is 0 Å². The molecule has 92 valence electrons. The van der Waals surface area contributed by atoms with Crippen LogP contribution in [0, 0.1) is 5.92 Å². The van der Waals surface area contributed by atoms with E-state index in [4.69, 9.17) is 5.73 Å². The Kier molecular flexibility index (Phi) is 3.18. The summed E-state index contributed by atoms with van der Waals surface area (Å²) in [4.78, 5) is 5.39. The minimum absolute atomic E-state index is 0.691. The van der Waals surface area contributed by atoms with Crippen LogP contribution in [0.2, 0.25) is 0 Å². The van der Waals surface area contributed by atoms with Crippen molar-refractivity contribution < 1.29 is 0 Å². The Bertz CT molecular complexity index is 239. The second-order valence-electron chi connectivity index (χ2n) is 5.82. The van der Waals surface area contributed by atoms with Crippen molar-refractivity contribution in [1.29, 1.82) is 0 Å². The van der Waals surface area contributed by atoms with Crippen molar-refractivity contribution in [3.8, 4) is 0 Å². The highest BCUT2D eigenvalue weighted by Gasteiger charge is 2.36. The zero-order valence-corrected chi connectivity index (χ0v) is 10.3. The third kappa shape index (κ3) is 1.89. The standard InChI is InChI=1S/C13H25N3/c14-9-13(11-3-1-4-11)16-8-7-15-6-2-5-12(15)10-16/h11-13H,1-10,14H2. The van der Waals surface area contributed by atoms with Crippen LogP contribution < -0.4 is 5.73 Å². The number of hydrogen-bond donors (Lipinski definition) is 1. The fourth-order valence-corrected chi connectivity index (χ4v) is 3.78. The molecule has 2 aliphatic heterocycles. The summed E-state index contributed by atoms with van der Waals surface area (Å²) in [6.45, 7) is 6.05. The van der Waals surface area contributed by atoms with Gasteiger partial charge in [-0.2, -0.15) is 0 Å². The van der Waals surface area contributed by atoms with E-state index in [-0.39, 0.29) is 0 Å². The van der Waals surface area contributed by atoms with E-state index in [9.17, 15) is 0 Å². The summed E-state index contributed by atoms with van der Waals surface area (Å²) in [5, 5.41) is 0. The molecule has 3 heteroatoms. The Hall–Kier alpha value is -0.120. The van der Waals surface area contributed by atoms with Crippen molar-refractivity contribution in [2.24, 2.45) is 11.7 Å². The summed E-state index contributed by atoms with van der Waals surface area (Å²) in [6, 6.07) is 1.54. The number of nitrogens with two attached hydrogens (primary N) is 1. The van der Waals surface area contributed by atoms with Crippen LogP contribution in [-0.2, 0) is 0 Å². The molecular weight excluding hydrogens is 198 g/mol. The molecule has 0 aromatic rings. The highest BCUT2D eigenvalue weighted by atomic mass is 15.3. The van der Waals surface area contributed by atoms with Gasteiger partial charge >= 0.3 is 0 Å². The van der Waals surface area contributed by atoms with Gasteiger partial charge in [0.25, 0.3) is 0 Å². The highest BCUT2D eigenvalue weighted by molar-refractivity contribution is 4.93. The fourth-order valence-electron chi connectivity index (χ4n) is 3.78. The SMILES string of the molecule is NCC(C1CCC1)N1CCN2CCCC2C1. The molecule has 3 rings (SSSR count). The first-order valence-corrected chi connectivity index (χ1v) is 7.06.